The van der Waals surface area contributed by atoms with Gasteiger partial charge < -0.3 is 5.32 Å². The van der Waals surface area contributed by atoms with Gasteiger partial charge in [0.05, 0.1) is 6.04 Å². The Kier molecular flexibility index (Phi) is 8.35. The molecule has 0 aliphatic rings. The van der Waals surface area contributed by atoms with E-state index in [-0.39, 0.29) is 6.04 Å². The molecular weight excluding hydrogens is 167 g/mol. The molecule has 13 heavy (non-hydrogen) atoms. The number of rotatable bonds is 8. The minimum atomic E-state index is 0.0601. The third-order valence-corrected chi connectivity index (χ3v) is 2.09. The average Bonchev–Trinajstić information content (AvgIpc) is 2.12. The molecule has 0 spiro atoms. The Morgan fingerprint density at radius 3 is 2.38 bits per heavy atom. The van der Waals surface area contributed by atoms with Crippen molar-refractivity contribution in [3.63, 3.8) is 0 Å². The Labute approximate surface area is 81.4 Å². The van der Waals surface area contributed by atoms with E-state index in [1.807, 2.05) is 13.8 Å². The van der Waals surface area contributed by atoms with Gasteiger partial charge in [0.25, 0.3) is 0 Å². The van der Waals surface area contributed by atoms with Gasteiger partial charge in [-0.15, -0.1) is 9.60 Å². The molecule has 1 unspecified atom stereocenters. The molecule has 80 valence electrons. The van der Waals surface area contributed by atoms with E-state index >= 15 is 0 Å². The zero-order chi connectivity index (χ0) is 10.1. The van der Waals surface area contributed by atoms with Gasteiger partial charge in [0.2, 0.25) is 0 Å². The third kappa shape index (κ3) is 5.99. The summed E-state index contributed by atoms with van der Waals surface area (Å²) in [6.07, 6.45) is 2.85. The Morgan fingerprint density at radius 2 is 1.92 bits per heavy atom. The third-order valence-electron chi connectivity index (χ3n) is 2.09. The fraction of sp³-hybridized carbons (Fsp3) is 1.00. The van der Waals surface area contributed by atoms with E-state index in [0.29, 0.717) is 6.54 Å². The molecule has 1 N–H and O–H groups in total. The van der Waals surface area contributed by atoms with E-state index in [2.05, 4.69) is 12.2 Å². The minimum absolute atomic E-state index is 0.0601. The van der Waals surface area contributed by atoms with Crippen molar-refractivity contribution in [2.45, 2.75) is 46.1 Å². The predicted molar refractivity (Wildman–Crippen MR) is 55.3 cm³/mol. The normalized spacial score (nSPS) is 13.6. The van der Waals surface area contributed by atoms with E-state index in [1.165, 1.54) is 0 Å². The Balaban J connectivity index is 3.75. The smallest absolute Gasteiger partial charge is 0.0526 e. The number of nitrogens with zero attached hydrogens (tertiary/aromatic N) is 1. The van der Waals surface area contributed by atoms with Gasteiger partial charge in [-0.25, -0.2) is 0 Å². The summed E-state index contributed by atoms with van der Waals surface area (Å²) in [5.41, 5.74) is 0. The van der Waals surface area contributed by atoms with Crippen LogP contribution in [-0.2, 0) is 0 Å². The van der Waals surface area contributed by atoms with Gasteiger partial charge in [-0.05, 0) is 19.4 Å². The fourth-order valence-corrected chi connectivity index (χ4v) is 1.38. The lowest BCUT2D eigenvalue weighted by molar-refractivity contribution is -0.0246. The molecule has 0 saturated heterocycles. The molecule has 0 aliphatic carbocycles. The molecule has 0 fully saturated rings. The van der Waals surface area contributed by atoms with Crippen LogP contribution in [0.4, 0.5) is 4.48 Å². The molecule has 2 nitrogen and oxygen atoms in total. The van der Waals surface area contributed by atoms with Crippen molar-refractivity contribution in [2.75, 3.05) is 19.6 Å². The second kappa shape index (κ2) is 8.45. The summed E-state index contributed by atoms with van der Waals surface area (Å²) in [4.78, 5) is 0. The lowest BCUT2D eigenvalue weighted by Gasteiger charge is -2.23. The molecule has 1 atom stereocenters. The summed E-state index contributed by atoms with van der Waals surface area (Å²) in [5, 5.41) is 4.17. The van der Waals surface area contributed by atoms with Crippen molar-refractivity contribution in [3.8, 4) is 0 Å². The van der Waals surface area contributed by atoms with Crippen molar-refractivity contribution in [3.05, 3.63) is 0 Å². The van der Waals surface area contributed by atoms with E-state index < -0.39 is 0 Å². The first-order valence-corrected chi connectivity index (χ1v) is 5.39. The van der Waals surface area contributed by atoms with E-state index in [1.54, 1.807) is 0 Å². The van der Waals surface area contributed by atoms with Crippen molar-refractivity contribution in [1.82, 2.24) is 10.4 Å². The predicted octanol–water partition coefficient (Wildman–Crippen LogP) is 2.36. The molecule has 0 amide bonds. The summed E-state index contributed by atoms with van der Waals surface area (Å²) >= 11 is 0. The molecule has 0 aromatic heterocycles. The molecule has 0 bridgehead atoms. The molecule has 0 rings (SSSR count). The Morgan fingerprint density at radius 1 is 1.23 bits per heavy atom. The van der Waals surface area contributed by atoms with Gasteiger partial charge >= 0.3 is 0 Å². The van der Waals surface area contributed by atoms with Crippen LogP contribution in [-0.4, -0.2) is 30.8 Å². The number of hydrogen-bond donors (Lipinski definition) is 1. The van der Waals surface area contributed by atoms with Crippen LogP contribution in [0.1, 0.15) is 40.0 Å². The maximum absolute atomic E-state index is 13.4. The Hall–Kier alpha value is -0.150. The van der Waals surface area contributed by atoms with Gasteiger partial charge in [0, 0.05) is 13.1 Å². The second-order valence-electron chi connectivity index (χ2n) is 3.37. The molecule has 3 heteroatoms. The highest BCUT2D eigenvalue weighted by atomic mass is 19.2. The van der Waals surface area contributed by atoms with Crippen molar-refractivity contribution in [2.24, 2.45) is 0 Å². The first kappa shape index (κ1) is 12.8. The molecule has 0 aromatic rings. The summed E-state index contributed by atoms with van der Waals surface area (Å²) in [5.74, 6) is 0. The summed E-state index contributed by atoms with van der Waals surface area (Å²) < 4.78 is 13.4. The number of hydrogen-bond acceptors (Lipinski definition) is 2. The first-order chi connectivity index (χ1) is 6.26. The van der Waals surface area contributed by atoms with E-state index in [0.717, 1.165) is 37.5 Å². The highest BCUT2D eigenvalue weighted by Crippen LogP contribution is 2.07. The topological polar surface area (TPSA) is 15.3 Å². The SMILES string of the molecule is CCCC(CNCC)N(F)CCC. The van der Waals surface area contributed by atoms with E-state index in [4.69, 9.17) is 0 Å². The van der Waals surface area contributed by atoms with Gasteiger partial charge in [-0.2, -0.15) is 0 Å². The zero-order valence-electron chi connectivity index (χ0n) is 9.15. The van der Waals surface area contributed by atoms with Crippen molar-refractivity contribution in [1.29, 1.82) is 0 Å². The summed E-state index contributed by atoms with van der Waals surface area (Å²) in [6, 6.07) is 0.0601. The summed E-state index contributed by atoms with van der Waals surface area (Å²) in [6.45, 7) is 8.38. The zero-order valence-corrected chi connectivity index (χ0v) is 9.15. The van der Waals surface area contributed by atoms with Crippen LogP contribution in [0.15, 0.2) is 0 Å². The first-order valence-electron chi connectivity index (χ1n) is 5.39. The van der Waals surface area contributed by atoms with Crippen molar-refractivity contribution >= 4 is 0 Å². The molecule has 0 aromatic carbocycles. The second-order valence-corrected chi connectivity index (χ2v) is 3.37. The lowest BCUT2D eigenvalue weighted by Crippen LogP contribution is -2.38. The average molecular weight is 190 g/mol. The number of likely N-dealkylation sites (N-methyl/N-ethyl adjacent to an activating group) is 1. The monoisotopic (exact) mass is 190 g/mol. The van der Waals surface area contributed by atoms with E-state index in [9.17, 15) is 4.48 Å². The largest absolute Gasteiger partial charge is 0.315 e. The van der Waals surface area contributed by atoms with Gasteiger partial charge in [-0.3, -0.25) is 0 Å². The number of halogens is 1. The van der Waals surface area contributed by atoms with Crippen LogP contribution in [0.2, 0.25) is 0 Å². The lowest BCUT2D eigenvalue weighted by atomic mass is 10.1. The van der Waals surface area contributed by atoms with Crippen LogP contribution in [0.3, 0.4) is 0 Å². The minimum Gasteiger partial charge on any atom is -0.315 e. The highest BCUT2D eigenvalue weighted by molar-refractivity contribution is 4.67. The van der Waals surface area contributed by atoms with Crippen LogP contribution in [0.5, 0.6) is 0 Å². The molecule has 0 heterocycles. The fourth-order valence-electron chi connectivity index (χ4n) is 1.38. The van der Waals surface area contributed by atoms with Crippen LogP contribution >= 0.6 is 0 Å². The molecule has 0 saturated carbocycles. The number of nitrogens with one attached hydrogen (secondary N) is 1. The standard InChI is InChI=1S/C10H23FN2/c1-4-7-10(9-12-6-3)13(11)8-5-2/h10,12H,4-9H2,1-3H3. The quantitative estimate of drug-likeness (QED) is 0.591. The molecule has 0 aliphatic heterocycles. The molecular formula is C10H23FN2. The van der Waals surface area contributed by atoms with Crippen molar-refractivity contribution < 1.29 is 4.48 Å². The summed E-state index contributed by atoms with van der Waals surface area (Å²) in [7, 11) is 0. The van der Waals surface area contributed by atoms with Crippen LogP contribution in [0, 0.1) is 0 Å². The Bertz CT molecular complexity index is 109. The van der Waals surface area contributed by atoms with Crippen LogP contribution < -0.4 is 5.32 Å². The highest BCUT2D eigenvalue weighted by Gasteiger charge is 2.15. The van der Waals surface area contributed by atoms with Crippen LogP contribution in [0.25, 0.3) is 0 Å². The maximum Gasteiger partial charge on any atom is 0.0526 e. The van der Waals surface area contributed by atoms with Gasteiger partial charge in [0.1, 0.15) is 0 Å². The van der Waals surface area contributed by atoms with Gasteiger partial charge in [-0.1, -0.05) is 27.2 Å². The van der Waals surface area contributed by atoms with Gasteiger partial charge in [0.15, 0.2) is 0 Å². The maximum atomic E-state index is 13.4. The molecule has 0 radical (unpaired) electrons.